The number of rotatable bonds is 7. The number of nitriles is 1. The van der Waals surface area contributed by atoms with Crippen molar-refractivity contribution in [3.05, 3.63) is 47.0 Å². The fraction of sp³-hybridized carbons (Fsp3) is 0.458. The fourth-order valence-electron chi connectivity index (χ4n) is 2.94. The molecule has 33 heavy (non-hydrogen) atoms. The van der Waals surface area contributed by atoms with Crippen LogP contribution < -0.4 is 14.1 Å². The molecule has 0 N–H and O–H groups in total. The standard InChI is InChI=1S/C24H28ClF3N2O2Si/c1-23(2,3)33(4,5)32-20-8-6-17(7-9-20)30(15-24(26,27)28)18-12-16(14-29)22(21(25)13-18)31-19-10-11-19/h6-9,12-13,19H,10-11,15H2,1-5H3. The van der Waals surface area contributed by atoms with Crippen molar-refractivity contribution in [3.63, 3.8) is 0 Å². The van der Waals surface area contributed by atoms with Crippen LogP contribution in [0, 0.1) is 11.3 Å². The van der Waals surface area contributed by atoms with E-state index in [9.17, 15) is 18.4 Å². The third-order valence-corrected chi connectivity index (χ3v) is 10.6. The number of alkyl halides is 3. The van der Waals surface area contributed by atoms with Gasteiger partial charge in [-0.1, -0.05) is 32.4 Å². The first kappa shape index (κ1) is 25.3. The summed E-state index contributed by atoms with van der Waals surface area (Å²) < 4.78 is 52.3. The number of anilines is 2. The van der Waals surface area contributed by atoms with E-state index in [1.165, 1.54) is 12.1 Å². The smallest absolute Gasteiger partial charge is 0.406 e. The largest absolute Gasteiger partial charge is 0.544 e. The monoisotopic (exact) mass is 496 g/mol. The van der Waals surface area contributed by atoms with E-state index >= 15 is 0 Å². The zero-order valence-electron chi connectivity index (χ0n) is 19.4. The molecule has 2 aromatic rings. The van der Waals surface area contributed by atoms with E-state index in [0.29, 0.717) is 11.4 Å². The van der Waals surface area contributed by atoms with Gasteiger partial charge in [0, 0.05) is 11.4 Å². The Morgan fingerprint density at radius 2 is 1.70 bits per heavy atom. The molecule has 0 aliphatic heterocycles. The van der Waals surface area contributed by atoms with Crippen LogP contribution in [-0.2, 0) is 0 Å². The zero-order valence-corrected chi connectivity index (χ0v) is 21.1. The summed E-state index contributed by atoms with van der Waals surface area (Å²) in [6.45, 7) is 9.32. The minimum atomic E-state index is -4.47. The van der Waals surface area contributed by atoms with Gasteiger partial charge in [-0.15, -0.1) is 0 Å². The lowest BCUT2D eigenvalue weighted by atomic mass is 10.1. The summed E-state index contributed by atoms with van der Waals surface area (Å²) in [6.07, 6.45) is -2.74. The Balaban J connectivity index is 1.95. The van der Waals surface area contributed by atoms with Crippen molar-refractivity contribution >= 4 is 31.3 Å². The lowest BCUT2D eigenvalue weighted by Gasteiger charge is -2.36. The van der Waals surface area contributed by atoms with Crippen molar-refractivity contribution in [2.75, 3.05) is 11.4 Å². The molecule has 178 valence electrons. The Labute approximate surface area is 199 Å². The highest BCUT2D eigenvalue weighted by Crippen LogP contribution is 2.41. The summed E-state index contributed by atoms with van der Waals surface area (Å²) in [6, 6.07) is 11.3. The summed E-state index contributed by atoms with van der Waals surface area (Å²) in [4.78, 5) is 1.09. The van der Waals surface area contributed by atoms with Crippen molar-refractivity contribution in [2.45, 2.75) is 64.0 Å². The van der Waals surface area contributed by atoms with Gasteiger partial charge in [-0.25, -0.2) is 0 Å². The van der Waals surface area contributed by atoms with Gasteiger partial charge in [-0.05, 0) is 67.4 Å². The average Bonchev–Trinajstić information content (AvgIpc) is 3.50. The summed E-state index contributed by atoms with van der Waals surface area (Å²) in [5.74, 6) is 0.830. The molecule has 0 spiro atoms. The zero-order chi connectivity index (χ0) is 24.6. The molecule has 0 amide bonds. The molecule has 3 rings (SSSR count). The lowest BCUT2D eigenvalue weighted by molar-refractivity contribution is -0.118. The highest BCUT2D eigenvalue weighted by atomic mass is 35.5. The molecule has 0 bridgehead atoms. The van der Waals surface area contributed by atoms with E-state index in [1.807, 2.05) is 6.07 Å². The number of ether oxygens (including phenoxy) is 1. The predicted molar refractivity (Wildman–Crippen MR) is 127 cm³/mol. The minimum Gasteiger partial charge on any atom is -0.544 e. The molecule has 1 aliphatic rings. The molecule has 0 atom stereocenters. The van der Waals surface area contributed by atoms with E-state index < -0.39 is 21.0 Å². The third kappa shape index (κ3) is 6.36. The average molecular weight is 497 g/mol. The maximum absolute atomic E-state index is 13.5. The van der Waals surface area contributed by atoms with Gasteiger partial charge >= 0.3 is 6.18 Å². The lowest BCUT2D eigenvalue weighted by Crippen LogP contribution is -2.43. The molecule has 9 heteroatoms. The number of halogens is 4. The molecular weight excluding hydrogens is 469 g/mol. The Bertz CT molecular complexity index is 1040. The molecule has 0 heterocycles. The second kappa shape index (κ2) is 9.11. The van der Waals surface area contributed by atoms with Crippen LogP contribution >= 0.6 is 11.6 Å². The first-order chi connectivity index (χ1) is 15.2. The Hall–Kier alpha value is -2.37. The van der Waals surface area contributed by atoms with Crippen LogP contribution in [0.3, 0.4) is 0 Å². The predicted octanol–water partition coefficient (Wildman–Crippen LogP) is 7.84. The summed E-state index contributed by atoms with van der Waals surface area (Å²) in [5, 5.41) is 9.65. The van der Waals surface area contributed by atoms with E-state index in [2.05, 4.69) is 33.9 Å². The summed E-state index contributed by atoms with van der Waals surface area (Å²) >= 11 is 6.33. The Kier molecular flexibility index (Phi) is 6.97. The number of nitrogens with zero attached hydrogens (tertiary/aromatic N) is 2. The summed E-state index contributed by atoms with van der Waals surface area (Å²) in [5.41, 5.74) is 0.579. The van der Waals surface area contributed by atoms with Gasteiger partial charge in [0.1, 0.15) is 18.4 Å². The molecule has 0 unspecified atom stereocenters. The van der Waals surface area contributed by atoms with Crippen molar-refractivity contribution in [1.29, 1.82) is 5.26 Å². The Morgan fingerprint density at radius 3 is 2.18 bits per heavy atom. The SMILES string of the molecule is CC(C)(C)[Si](C)(C)Oc1ccc(N(CC(F)(F)F)c2cc(Cl)c(OC3CC3)c(C#N)c2)cc1. The third-order valence-electron chi connectivity index (χ3n) is 5.93. The molecule has 2 aromatic carbocycles. The van der Waals surface area contributed by atoms with Crippen molar-refractivity contribution in [1.82, 2.24) is 0 Å². The molecule has 1 saturated carbocycles. The molecule has 4 nitrogen and oxygen atoms in total. The fourth-order valence-corrected chi connectivity index (χ4v) is 4.23. The van der Waals surface area contributed by atoms with Gasteiger partial charge in [0.2, 0.25) is 8.32 Å². The van der Waals surface area contributed by atoms with Crippen LogP contribution in [-0.4, -0.2) is 27.1 Å². The van der Waals surface area contributed by atoms with Crippen LogP contribution in [0.25, 0.3) is 0 Å². The van der Waals surface area contributed by atoms with Crippen molar-refractivity contribution < 1.29 is 22.3 Å². The molecule has 0 aromatic heterocycles. The van der Waals surface area contributed by atoms with Crippen molar-refractivity contribution in [3.8, 4) is 17.6 Å². The Morgan fingerprint density at radius 1 is 1.09 bits per heavy atom. The first-order valence-electron chi connectivity index (χ1n) is 10.7. The van der Waals surface area contributed by atoms with Crippen LogP contribution in [0.4, 0.5) is 24.5 Å². The van der Waals surface area contributed by atoms with Gasteiger partial charge in [-0.3, -0.25) is 0 Å². The number of benzene rings is 2. The summed E-state index contributed by atoms with van der Waals surface area (Å²) in [7, 11) is -2.09. The highest BCUT2D eigenvalue weighted by Gasteiger charge is 2.39. The maximum atomic E-state index is 13.5. The van der Waals surface area contributed by atoms with Crippen LogP contribution in [0.5, 0.6) is 11.5 Å². The van der Waals surface area contributed by atoms with Gasteiger partial charge in [-0.2, -0.15) is 18.4 Å². The second-order valence-electron chi connectivity index (χ2n) is 9.79. The first-order valence-corrected chi connectivity index (χ1v) is 14.0. The topological polar surface area (TPSA) is 45.5 Å². The second-order valence-corrected chi connectivity index (χ2v) is 14.9. The van der Waals surface area contributed by atoms with Crippen LogP contribution in [0.15, 0.2) is 36.4 Å². The van der Waals surface area contributed by atoms with E-state index in [4.69, 9.17) is 20.8 Å². The molecule has 0 radical (unpaired) electrons. The normalized spacial score (nSPS) is 14.5. The van der Waals surface area contributed by atoms with E-state index in [0.717, 1.165) is 17.7 Å². The maximum Gasteiger partial charge on any atom is 0.406 e. The van der Waals surface area contributed by atoms with E-state index in [-0.39, 0.29) is 33.2 Å². The van der Waals surface area contributed by atoms with Crippen molar-refractivity contribution in [2.24, 2.45) is 0 Å². The van der Waals surface area contributed by atoms with Gasteiger partial charge in [0.15, 0.2) is 5.75 Å². The van der Waals surface area contributed by atoms with E-state index in [1.54, 1.807) is 24.3 Å². The van der Waals surface area contributed by atoms with Gasteiger partial charge in [0.05, 0.1) is 16.7 Å². The van der Waals surface area contributed by atoms with Gasteiger partial charge in [0.25, 0.3) is 0 Å². The molecule has 0 saturated heterocycles. The molecular formula is C24H28ClF3N2O2Si. The molecule has 1 aliphatic carbocycles. The van der Waals surface area contributed by atoms with Crippen LogP contribution in [0.1, 0.15) is 39.2 Å². The number of hydrogen-bond acceptors (Lipinski definition) is 4. The van der Waals surface area contributed by atoms with Gasteiger partial charge < -0.3 is 14.1 Å². The highest BCUT2D eigenvalue weighted by molar-refractivity contribution is 6.74. The molecule has 1 fully saturated rings. The van der Waals surface area contributed by atoms with Crippen LogP contribution in [0.2, 0.25) is 23.2 Å². The quantitative estimate of drug-likeness (QED) is 0.366. The number of hydrogen-bond donors (Lipinski definition) is 0. The minimum absolute atomic E-state index is 0.000159.